The first-order valence-corrected chi connectivity index (χ1v) is 8.98. The summed E-state index contributed by atoms with van der Waals surface area (Å²) in [6.07, 6.45) is 3.19. The van der Waals surface area contributed by atoms with E-state index in [1.165, 1.54) is 19.3 Å². The van der Waals surface area contributed by atoms with Crippen LogP contribution in [0.15, 0.2) is 24.3 Å². The van der Waals surface area contributed by atoms with Crippen molar-refractivity contribution < 1.29 is 9.84 Å². The van der Waals surface area contributed by atoms with Crippen LogP contribution in [0.4, 0.5) is 0 Å². The highest BCUT2D eigenvalue weighted by atomic mass is 16.5. The van der Waals surface area contributed by atoms with Crippen LogP contribution in [0.2, 0.25) is 0 Å². The summed E-state index contributed by atoms with van der Waals surface area (Å²) in [5.41, 5.74) is 1.53. The molecule has 0 spiro atoms. The third kappa shape index (κ3) is 4.55. The van der Waals surface area contributed by atoms with Crippen molar-refractivity contribution in [2.24, 2.45) is 0 Å². The second-order valence-corrected chi connectivity index (χ2v) is 6.81. The number of benzene rings is 1. The molecule has 0 aliphatic carbocycles. The second-order valence-electron chi connectivity index (χ2n) is 6.81. The lowest BCUT2D eigenvalue weighted by Crippen LogP contribution is -2.50. The van der Waals surface area contributed by atoms with E-state index in [0.29, 0.717) is 18.2 Å². The lowest BCUT2D eigenvalue weighted by atomic mass is 9.99. The Hall–Kier alpha value is -1.45. The predicted octanol–water partition coefficient (Wildman–Crippen LogP) is 1.78. The number of β-amino-alcohol motifs (C(OH)–C–C–N with tert-alkyl or cyclic N) is 1. The number of ether oxygens (including phenoxy) is 1. The van der Waals surface area contributed by atoms with E-state index in [4.69, 9.17) is 10.00 Å². The average Bonchev–Trinajstić information content (AvgIpc) is 2.64. The molecule has 0 amide bonds. The van der Waals surface area contributed by atoms with Crippen molar-refractivity contribution in [3.05, 3.63) is 35.4 Å². The van der Waals surface area contributed by atoms with Gasteiger partial charge in [0.25, 0.3) is 0 Å². The summed E-state index contributed by atoms with van der Waals surface area (Å²) in [6.45, 7) is 6.50. The summed E-state index contributed by atoms with van der Waals surface area (Å²) < 4.78 is 5.44. The van der Waals surface area contributed by atoms with Crippen LogP contribution in [0.25, 0.3) is 0 Å². The van der Waals surface area contributed by atoms with Crippen molar-refractivity contribution in [2.45, 2.75) is 31.4 Å². The molecule has 1 N–H and O–H groups in total. The van der Waals surface area contributed by atoms with Crippen LogP contribution in [0, 0.1) is 11.3 Å². The molecule has 2 saturated heterocycles. The zero-order valence-electron chi connectivity index (χ0n) is 14.2. The first kappa shape index (κ1) is 17.4. The first-order chi connectivity index (χ1) is 11.8. The van der Waals surface area contributed by atoms with Gasteiger partial charge in [-0.2, -0.15) is 5.26 Å². The summed E-state index contributed by atoms with van der Waals surface area (Å²) in [7, 11) is 0. The van der Waals surface area contributed by atoms with Crippen LogP contribution < -0.4 is 0 Å². The van der Waals surface area contributed by atoms with E-state index < -0.39 is 6.10 Å². The number of likely N-dealkylation sites (tertiary alicyclic amines) is 1. The van der Waals surface area contributed by atoms with Crippen molar-refractivity contribution in [3.8, 4) is 6.07 Å². The number of rotatable bonds is 5. The smallest absolute Gasteiger partial charge is 0.0991 e. The van der Waals surface area contributed by atoms with Gasteiger partial charge in [0.05, 0.1) is 31.0 Å². The van der Waals surface area contributed by atoms with Gasteiger partial charge in [-0.25, -0.2) is 0 Å². The van der Waals surface area contributed by atoms with Gasteiger partial charge in [-0.3, -0.25) is 9.80 Å². The van der Waals surface area contributed by atoms with Gasteiger partial charge in [0.1, 0.15) is 0 Å². The van der Waals surface area contributed by atoms with E-state index in [-0.39, 0.29) is 0 Å². The van der Waals surface area contributed by atoms with Gasteiger partial charge in [0.2, 0.25) is 0 Å². The van der Waals surface area contributed by atoms with Gasteiger partial charge >= 0.3 is 0 Å². The Morgan fingerprint density at radius 3 is 2.62 bits per heavy atom. The topological polar surface area (TPSA) is 59.7 Å². The van der Waals surface area contributed by atoms with Gasteiger partial charge in [-0.1, -0.05) is 18.6 Å². The van der Waals surface area contributed by atoms with E-state index in [1.54, 1.807) is 12.1 Å². The lowest BCUT2D eigenvalue weighted by molar-refractivity contribution is 0.00673. The van der Waals surface area contributed by atoms with Gasteiger partial charge in [-0.05, 0) is 37.1 Å². The number of hydrogen-bond acceptors (Lipinski definition) is 5. The monoisotopic (exact) mass is 329 g/mol. The summed E-state index contributed by atoms with van der Waals surface area (Å²) in [6, 6.07) is 9.92. The highest BCUT2D eigenvalue weighted by molar-refractivity contribution is 5.32. The van der Waals surface area contributed by atoms with Crippen LogP contribution in [0.3, 0.4) is 0 Å². The van der Waals surface area contributed by atoms with Crippen molar-refractivity contribution in [2.75, 3.05) is 45.9 Å². The van der Waals surface area contributed by atoms with Crippen LogP contribution in [0.5, 0.6) is 0 Å². The maximum atomic E-state index is 10.6. The fraction of sp³-hybridized carbons (Fsp3) is 0.632. The predicted molar refractivity (Wildman–Crippen MR) is 92.6 cm³/mol. The average molecular weight is 329 g/mol. The molecular formula is C19H27N3O2. The molecule has 0 bridgehead atoms. The lowest BCUT2D eigenvalue weighted by Gasteiger charge is -2.40. The van der Waals surface area contributed by atoms with Gasteiger partial charge in [0, 0.05) is 32.2 Å². The SMILES string of the molecule is N#Cc1ccc(C(O)CN2CCCCC2CN2CCOCC2)cc1. The van der Waals surface area contributed by atoms with Crippen LogP contribution >= 0.6 is 0 Å². The third-order valence-corrected chi connectivity index (χ3v) is 5.15. The molecule has 3 rings (SSSR count). The van der Waals surface area contributed by atoms with E-state index in [2.05, 4.69) is 15.9 Å². The Morgan fingerprint density at radius 2 is 1.92 bits per heavy atom. The Balaban J connectivity index is 1.58. The van der Waals surface area contributed by atoms with Crippen LogP contribution in [0.1, 0.15) is 36.5 Å². The maximum absolute atomic E-state index is 10.6. The summed E-state index contributed by atoms with van der Waals surface area (Å²) in [4.78, 5) is 4.93. The maximum Gasteiger partial charge on any atom is 0.0991 e. The molecule has 5 nitrogen and oxygen atoms in total. The van der Waals surface area contributed by atoms with E-state index >= 15 is 0 Å². The molecule has 24 heavy (non-hydrogen) atoms. The minimum atomic E-state index is -0.497. The van der Waals surface area contributed by atoms with Crippen molar-refractivity contribution in [1.29, 1.82) is 5.26 Å². The number of hydrogen-bond donors (Lipinski definition) is 1. The minimum absolute atomic E-state index is 0.497. The van der Waals surface area contributed by atoms with E-state index in [1.807, 2.05) is 12.1 Å². The molecule has 0 saturated carbocycles. The summed E-state index contributed by atoms with van der Waals surface area (Å²) in [5, 5.41) is 19.5. The molecule has 2 fully saturated rings. The summed E-state index contributed by atoms with van der Waals surface area (Å²) >= 11 is 0. The number of nitrogens with zero attached hydrogens (tertiary/aromatic N) is 3. The molecule has 2 heterocycles. The number of piperidine rings is 1. The van der Waals surface area contributed by atoms with Crippen molar-refractivity contribution in [1.82, 2.24) is 9.80 Å². The van der Waals surface area contributed by atoms with Crippen molar-refractivity contribution in [3.63, 3.8) is 0 Å². The number of aliphatic hydroxyl groups excluding tert-OH is 1. The molecule has 2 atom stereocenters. The normalized spacial score (nSPS) is 24.4. The zero-order valence-corrected chi connectivity index (χ0v) is 14.2. The zero-order chi connectivity index (χ0) is 16.8. The van der Waals surface area contributed by atoms with Gasteiger partial charge < -0.3 is 9.84 Å². The molecule has 1 aromatic carbocycles. The molecule has 2 aliphatic rings. The highest BCUT2D eigenvalue weighted by Crippen LogP contribution is 2.23. The molecule has 0 aromatic heterocycles. The van der Waals surface area contributed by atoms with Gasteiger partial charge in [0.15, 0.2) is 0 Å². The number of nitriles is 1. The highest BCUT2D eigenvalue weighted by Gasteiger charge is 2.27. The van der Waals surface area contributed by atoms with Crippen molar-refractivity contribution >= 4 is 0 Å². The Kier molecular flexibility index (Phi) is 6.22. The molecule has 5 heteroatoms. The third-order valence-electron chi connectivity index (χ3n) is 5.15. The van der Waals surface area contributed by atoms with E-state index in [0.717, 1.165) is 45.0 Å². The summed E-state index contributed by atoms with van der Waals surface area (Å²) in [5.74, 6) is 0. The first-order valence-electron chi connectivity index (χ1n) is 8.98. The minimum Gasteiger partial charge on any atom is -0.387 e. The Labute approximate surface area is 144 Å². The van der Waals surface area contributed by atoms with Crippen LogP contribution in [-0.4, -0.2) is 66.9 Å². The molecule has 2 unspecified atom stereocenters. The Bertz CT molecular complexity index is 549. The number of aliphatic hydroxyl groups is 1. The quantitative estimate of drug-likeness (QED) is 0.892. The largest absolute Gasteiger partial charge is 0.387 e. The van der Waals surface area contributed by atoms with Crippen LogP contribution in [-0.2, 0) is 4.74 Å². The molecule has 130 valence electrons. The molecule has 0 radical (unpaired) electrons. The number of morpholine rings is 1. The van der Waals surface area contributed by atoms with E-state index in [9.17, 15) is 5.11 Å². The second kappa shape index (κ2) is 8.59. The van der Waals surface area contributed by atoms with Gasteiger partial charge in [-0.15, -0.1) is 0 Å². The fourth-order valence-corrected chi connectivity index (χ4v) is 3.70. The molecule has 2 aliphatic heterocycles. The standard InChI is InChI=1S/C19H27N3O2/c20-13-16-4-6-17(7-5-16)19(23)15-22-8-2-1-3-18(22)14-21-9-11-24-12-10-21/h4-7,18-19,23H,1-3,8-12,14-15H2. The molecular weight excluding hydrogens is 302 g/mol. The molecule has 1 aromatic rings. The fourth-order valence-electron chi connectivity index (χ4n) is 3.70. The Morgan fingerprint density at radius 1 is 1.17 bits per heavy atom.